The van der Waals surface area contributed by atoms with Crippen molar-refractivity contribution in [1.82, 2.24) is 5.32 Å². The fourth-order valence-electron chi connectivity index (χ4n) is 1.36. The molecule has 3 nitrogen and oxygen atoms in total. The van der Waals surface area contributed by atoms with E-state index in [4.69, 9.17) is 4.74 Å². The van der Waals surface area contributed by atoms with E-state index in [1.807, 2.05) is 12.1 Å². The molecule has 1 aromatic carbocycles. The molecule has 0 radical (unpaired) electrons. The van der Waals surface area contributed by atoms with Gasteiger partial charge in [-0.1, -0.05) is 24.3 Å². The number of nitrogens with one attached hydrogen (secondary N) is 1. The zero-order valence-corrected chi connectivity index (χ0v) is 9.25. The first-order valence-corrected chi connectivity index (χ1v) is 5.08. The molecule has 0 spiro atoms. The summed E-state index contributed by atoms with van der Waals surface area (Å²) in [5.41, 5.74) is 2.47. The number of hydrogen-bond donors (Lipinski definition) is 1. The molecule has 3 heteroatoms. The monoisotopic (exact) mass is 207 g/mol. The minimum atomic E-state index is -0.203. The highest BCUT2D eigenvalue weighted by Gasteiger charge is 2.01. The maximum atomic E-state index is 11.0. The Morgan fingerprint density at radius 3 is 2.80 bits per heavy atom. The van der Waals surface area contributed by atoms with Crippen LogP contribution in [0.1, 0.15) is 11.1 Å². The minimum Gasteiger partial charge on any atom is -0.464 e. The van der Waals surface area contributed by atoms with E-state index < -0.39 is 0 Å². The molecular formula is C12H17NO2. The lowest BCUT2D eigenvalue weighted by Crippen LogP contribution is -2.21. The van der Waals surface area contributed by atoms with Crippen molar-refractivity contribution in [3.8, 4) is 0 Å². The van der Waals surface area contributed by atoms with Gasteiger partial charge in [0.25, 0.3) is 0 Å². The number of esters is 1. The summed E-state index contributed by atoms with van der Waals surface area (Å²) in [6.07, 6.45) is 0.780. The third-order valence-corrected chi connectivity index (χ3v) is 2.22. The van der Waals surface area contributed by atoms with Crippen LogP contribution in [0.5, 0.6) is 0 Å². The zero-order valence-electron chi connectivity index (χ0n) is 9.25. The largest absolute Gasteiger partial charge is 0.464 e. The quantitative estimate of drug-likeness (QED) is 0.740. The fraction of sp³-hybridized carbons (Fsp3) is 0.417. The molecule has 0 unspecified atom stereocenters. The van der Waals surface area contributed by atoms with Gasteiger partial charge in [0.1, 0.15) is 0 Å². The summed E-state index contributed by atoms with van der Waals surface area (Å²) in [5, 5.41) is 2.75. The second-order valence-electron chi connectivity index (χ2n) is 3.43. The first kappa shape index (κ1) is 11.7. The summed E-state index contributed by atoms with van der Waals surface area (Å²) < 4.78 is 5.04. The van der Waals surface area contributed by atoms with E-state index in [1.54, 1.807) is 7.05 Å². The lowest BCUT2D eigenvalue weighted by Gasteiger charge is -2.06. The van der Waals surface area contributed by atoms with Gasteiger partial charge >= 0.3 is 5.97 Å². The van der Waals surface area contributed by atoms with Crippen LogP contribution in [0.4, 0.5) is 0 Å². The summed E-state index contributed by atoms with van der Waals surface area (Å²) >= 11 is 0. The molecule has 15 heavy (non-hydrogen) atoms. The summed E-state index contributed by atoms with van der Waals surface area (Å²) in [6, 6.07) is 8.12. The van der Waals surface area contributed by atoms with Crippen molar-refractivity contribution in [2.45, 2.75) is 13.3 Å². The van der Waals surface area contributed by atoms with Gasteiger partial charge in [0.2, 0.25) is 0 Å². The number of aryl methyl sites for hydroxylation is 1. The van der Waals surface area contributed by atoms with Crippen LogP contribution in [-0.4, -0.2) is 26.2 Å². The molecule has 0 amide bonds. The van der Waals surface area contributed by atoms with Crippen LogP contribution in [0.2, 0.25) is 0 Å². The van der Waals surface area contributed by atoms with Crippen LogP contribution in [0, 0.1) is 6.92 Å². The highest BCUT2D eigenvalue weighted by Crippen LogP contribution is 2.07. The van der Waals surface area contributed by atoms with Crippen LogP contribution < -0.4 is 5.32 Å². The highest BCUT2D eigenvalue weighted by molar-refractivity contribution is 5.71. The van der Waals surface area contributed by atoms with Gasteiger partial charge in [0, 0.05) is 6.42 Å². The number of rotatable bonds is 5. The Hall–Kier alpha value is -1.35. The van der Waals surface area contributed by atoms with Crippen LogP contribution >= 0.6 is 0 Å². The summed E-state index contributed by atoms with van der Waals surface area (Å²) in [6.45, 7) is 2.78. The Bertz CT molecular complexity index is 323. The van der Waals surface area contributed by atoms with Crippen molar-refractivity contribution in [3.63, 3.8) is 0 Å². The van der Waals surface area contributed by atoms with Gasteiger partial charge in [0.15, 0.2) is 0 Å². The predicted octanol–water partition coefficient (Wildman–Crippen LogP) is 1.30. The molecule has 0 aromatic heterocycles. The topological polar surface area (TPSA) is 38.3 Å². The smallest absolute Gasteiger partial charge is 0.319 e. The molecule has 0 aliphatic heterocycles. The Labute approximate surface area is 90.4 Å². The van der Waals surface area contributed by atoms with E-state index in [0.29, 0.717) is 6.61 Å². The molecular weight excluding hydrogens is 190 g/mol. The van der Waals surface area contributed by atoms with E-state index in [9.17, 15) is 4.79 Å². The van der Waals surface area contributed by atoms with E-state index in [2.05, 4.69) is 24.4 Å². The normalized spacial score (nSPS) is 10.0. The maximum Gasteiger partial charge on any atom is 0.319 e. The first-order valence-electron chi connectivity index (χ1n) is 5.08. The molecule has 0 bridgehead atoms. The molecule has 0 aliphatic rings. The van der Waals surface area contributed by atoms with Crippen molar-refractivity contribution in [3.05, 3.63) is 35.4 Å². The second kappa shape index (κ2) is 6.19. The molecule has 82 valence electrons. The molecule has 1 N–H and O–H groups in total. The second-order valence-corrected chi connectivity index (χ2v) is 3.43. The van der Waals surface area contributed by atoms with E-state index >= 15 is 0 Å². The third-order valence-electron chi connectivity index (χ3n) is 2.22. The van der Waals surface area contributed by atoms with E-state index in [-0.39, 0.29) is 12.5 Å². The number of hydrogen-bond acceptors (Lipinski definition) is 3. The van der Waals surface area contributed by atoms with Crippen LogP contribution in [0.3, 0.4) is 0 Å². The average molecular weight is 207 g/mol. The number of ether oxygens (including phenoxy) is 1. The number of benzene rings is 1. The fourth-order valence-corrected chi connectivity index (χ4v) is 1.36. The number of likely N-dealkylation sites (N-methyl/N-ethyl adjacent to an activating group) is 1. The molecule has 1 rings (SSSR count). The Balaban J connectivity index is 2.32. The number of carbonyl (C=O) groups is 1. The lowest BCUT2D eigenvalue weighted by molar-refractivity contribution is -0.142. The highest BCUT2D eigenvalue weighted by atomic mass is 16.5. The van der Waals surface area contributed by atoms with Gasteiger partial charge in [-0.3, -0.25) is 4.79 Å². The van der Waals surface area contributed by atoms with E-state index in [0.717, 1.165) is 6.42 Å². The third kappa shape index (κ3) is 4.13. The standard InChI is InChI=1S/C12H17NO2/c1-10-5-3-4-6-11(10)7-8-15-12(14)9-13-2/h3-6,13H,7-9H2,1-2H3. The molecule has 0 fully saturated rings. The van der Waals surface area contributed by atoms with Crippen molar-refractivity contribution in [2.24, 2.45) is 0 Å². The van der Waals surface area contributed by atoms with Gasteiger partial charge in [-0.2, -0.15) is 0 Å². The molecule has 0 atom stereocenters. The zero-order chi connectivity index (χ0) is 11.1. The van der Waals surface area contributed by atoms with Crippen LogP contribution in [0.25, 0.3) is 0 Å². The van der Waals surface area contributed by atoms with Gasteiger partial charge in [-0.05, 0) is 25.1 Å². The maximum absolute atomic E-state index is 11.0. The van der Waals surface area contributed by atoms with Crippen molar-refractivity contribution in [1.29, 1.82) is 0 Å². The van der Waals surface area contributed by atoms with Crippen LogP contribution in [0.15, 0.2) is 24.3 Å². The number of carbonyl (C=O) groups excluding carboxylic acids is 1. The Morgan fingerprint density at radius 2 is 2.13 bits per heavy atom. The van der Waals surface area contributed by atoms with Gasteiger partial charge in [0.05, 0.1) is 13.2 Å². The molecule has 0 aliphatic carbocycles. The lowest BCUT2D eigenvalue weighted by atomic mass is 10.1. The van der Waals surface area contributed by atoms with Crippen LogP contribution in [-0.2, 0) is 16.0 Å². The Morgan fingerprint density at radius 1 is 1.40 bits per heavy atom. The molecule has 0 saturated heterocycles. The SMILES string of the molecule is CNCC(=O)OCCc1ccccc1C. The summed E-state index contributed by atoms with van der Waals surface area (Å²) in [7, 11) is 1.72. The molecule has 0 saturated carbocycles. The van der Waals surface area contributed by atoms with Gasteiger partial charge < -0.3 is 10.1 Å². The van der Waals surface area contributed by atoms with Gasteiger partial charge in [-0.15, -0.1) is 0 Å². The van der Waals surface area contributed by atoms with E-state index in [1.165, 1.54) is 11.1 Å². The summed E-state index contributed by atoms with van der Waals surface area (Å²) in [4.78, 5) is 11.0. The van der Waals surface area contributed by atoms with Crippen molar-refractivity contribution >= 4 is 5.97 Å². The van der Waals surface area contributed by atoms with Crippen molar-refractivity contribution in [2.75, 3.05) is 20.2 Å². The Kier molecular flexibility index (Phi) is 4.84. The first-order chi connectivity index (χ1) is 7.24. The summed E-state index contributed by atoms with van der Waals surface area (Å²) in [5.74, 6) is -0.203. The van der Waals surface area contributed by atoms with Crippen molar-refractivity contribution < 1.29 is 9.53 Å². The average Bonchev–Trinajstić information content (AvgIpc) is 2.21. The minimum absolute atomic E-state index is 0.203. The molecule has 1 aromatic rings. The predicted molar refractivity (Wildman–Crippen MR) is 59.8 cm³/mol. The van der Waals surface area contributed by atoms with Gasteiger partial charge in [-0.25, -0.2) is 0 Å². The molecule has 0 heterocycles.